The molecule has 3 aliphatic rings. The summed E-state index contributed by atoms with van der Waals surface area (Å²) in [6, 6.07) is 4.60. The molecule has 0 bridgehead atoms. The average molecular weight is 424 g/mol. The molecule has 1 aromatic rings. The van der Waals surface area contributed by atoms with Crippen molar-refractivity contribution >= 4 is 23.4 Å². The number of likely N-dealkylation sites (tertiary alicyclic amines) is 1. The van der Waals surface area contributed by atoms with E-state index >= 15 is 0 Å². The smallest absolute Gasteiger partial charge is 0.233 e. The standard InChI is InChI=1S/C21H26ClNO6/c1-3-6-23-19(25)14-7-11(10-28-2)21(27)15(18(14)20(23)26)9-17(29-21)13-5-4-12(24)8-16(13)22/h4-5,8,11,14-15,17-18,24,27H,3,6-7,9-10H2,1-2H3/t11-,14+,15+,17+,18+,21-/m1/s1. The number of methoxy groups -OCH3 is 1. The summed E-state index contributed by atoms with van der Waals surface area (Å²) in [7, 11) is 1.54. The molecule has 4 rings (SSSR count). The molecule has 0 radical (unpaired) electrons. The Balaban J connectivity index is 1.71. The highest BCUT2D eigenvalue weighted by atomic mass is 35.5. The van der Waals surface area contributed by atoms with Crippen molar-refractivity contribution in [2.45, 2.75) is 38.1 Å². The van der Waals surface area contributed by atoms with Crippen LogP contribution in [-0.2, 0) is 19.1 Å². The van der Waals surface area contributed by atoms with Crippen molar-refractivity contribution in [1.29, 1.82) is 0 Å². The fourth-order valence-electron chi connectivity index (χ4n) is 5.36. The number of imide groups is 1. The zero-order chi connectivity index (χ0) is 20.9. The molecule has 2 N–H and O–H groups in total. The number of nitrogens with zero attached hydrogens (tertiary/aromatic N) is 1. The van der Waals surface area contributed by atoms with Crippen molar-refractivity contribution in [1.82, 2.24) is 4.90 Å². The van der Waals surface area contributed by atoms with Crippen molar-refractivity contribution in [3.05, 3.63) is 28.8 Å². The lowest BCUT2D eigenvalue weighted by Crippen LogP contribution is -2.54. The van der Waals surface area contributed by atoms with E-state index in [4.69, 9.17) is 21.1 Å². The molecule has 0 unspecified atom stereocenters. The van der Waals surface area contributed by atoms with Crippen molar-refractivity contribution in [2.24, 2.45) is 23.7 Å². The molecule has 1 aromatic carbocycles. The summed E-state index contributed by atoms with van der Waals surface area (Å²) < 4.78 is 11.5. The Labute approximate surface area is 174 Å². The van der Waals surface area contributed by atoms with Crippen LogP contribution in [0.15, 0.2) is 18.2 Å². The third-order valence-corrected chi connectivity index (χ3v) is 6.93. The van der Waals surface area contributed by atoms with Crippen LogP contribution in [0, 0.1) is 23.7 Å². The van der Waals surface area contributed by atoms with Gasteiger partial charge in [0.25, 0.3) is 0 Å². The average Bonchev–Trinajstić information content (AvgIpc) is 3.13. The van der Waals surface area contributed by atoms with E-state index in [1.54, 1.807) is 13.2 Å². The number of hydrogen-bond donors (Lipinski definition) is 2. The van der Waals surface area contributed by atoms with Gasteiger partial charge in [0.2, 0.25) is 11.8 Å². The zero-order valence-corrected chi connectivity index (χ0v) is 17.3. The van der Waals surface area contributed by atoms with Crippen LogP contribution in [0.5, 0.6) is 5.75 Å². The summed E-state index contributed by atoms with van der Waals surface area (Å²) >= 11 is 6.30. The summed E-state index contributed by atoms with van der Waals surface area (Å²) in [4.78, 5) is 27.4. The van der Waals surface area contributed by atoms with E-state index in [0.29, 0.717) is 36.4 Å². The third kappa shape index (κ3) is 3.15. The molecule has 1 saturated carbocycles. The molecule has 29 heavy (non-hydrogen) atoms. The maximum Gasteiger partial charge on any atom is 0.233 e. The molecule has 2 aliphatic heterocycles. The van der Waals surface area contributed by atoms with Gasteiger partial charge in [-0.3, -0.25) is 14.5 Å². The van der Waals surface area contributed by atoms with Crippen LogP contribution in [-0.4, -0.2) is 53.0 Å². The van der Waals surface area contributed by atoms with E-state index in [0.717, 1.165) is 0 Å². The molecule has 8 heteroatoms. The number of aliphatic hydroxyl groups is 1. The van der Waals surface area contributed by atoms with E-state index in [1.165, 1.54) is 17.0 Å². The van der Waals surface area contributed by atoms with Gasteiger partial charge in [-0.15, -0.1) is 0 Å². The Kier molecular flexibility index (Phi) is 5.36. The first kappa shape index (κ1) is 20.6. The quantitative estimate of drug-likeness (QED) is 0.706. The Bertz CT molecular complexity index is 831. The lowest BCUT2D eigenvalue weighted by Gasteiger charge is -2.44. The molecule has 6 atom stereocenters. The summed E-state index contributed by atoms with van der Waals surface area (Å²) in [6.45, 7) is 2.54. The second-order valence-electron chi connectivity index (χ2n) is 8.25. The van der Waals surface area contributed by atoms with Gasteiger partial charge in [-0.1, -0.05) is 24.6 Å². The first-order chi connectivity index (χ1) is 13.8. The normalized spacial score (nSPS) is 36.4. The second-order valence-corrected chi connectivity index (χ2v) is 8.66. The Hall–Kier alpha value is -1.67. The maximum absolute atomic E-state index is 13.1. The largest absolute Gasteiger partial charge is 0.508 e. The minimum absolute atomic E-state index is 0.0389. The first-order valence-electron chi connectivity index (χ1n) is 10.0. The van der Waals surface area contributed by atoms with Crippen LogP contribution in [0.3, 0.4) is 0 Å². The predicted octanol–water partition coefficient (Wildman–Crippen LogP) is 2.49. The monoisotopic (exact) mass is 423 g/mol. The number of hydrogen-bond acceptors (Lipinski definition) is 6. The first-order valence-corrected chi connectivity index (χ1v) is 10.4. The molecule has 3 fully saturated rings. The Morgan fingerprint density at radius 1 is 1.31 bits per heavy atom. The number of carbonyl (C=O) groups is 2. The highest BCUT2D eigenvalue weighted by Crippen LogP contribution is 2.58. The van der Waals surface area contributed by atoms with Gasteiger partial charge in [0.15, 0.2) is 5.79 Å². The van der Waals surface area contributed by atoms with E-state index in [2.05, 4.69) is 0 Å². The molecule has 2 amide bonds. The van der Waals surface area contributed by atoms with Crippen LogP contribution in [0.2, 0.25) is 5.02 Å². The highest BCUT2D eigenvalue weighted by molar-refractivity contribution is 6.31. The van der Waals surface area contributed by atoms with Crippen molar-refractivity contribution in [2.75, 3.05) is 20.3 Å². The fraction of sp³-hybridized carbons (Fsp3) is 0.619. The molecule has 2 heterocycles. The van der Waals surface area contributed by atoms with Gasteiger partial charge < -0.3 is 19.7 Å². The van der Waals surface area contributed by atoms with Gasteiger partial charge in [0, 0.05) is 25.5 Å². The predicted molar refractivity (Wildman–Crippen MR) is 104 cm³/mol. The molecular weight excluding hydrogens is 398 g/mol. The summed E-state index contributed by atoms with van der Waals surface area (Å²) in [5.41, 5.74) is 0.641. The zero-order valence-electron chi connectivity index (χ0n) is 16.5. The van der Waals surface area contributed by atoms with Crippen LogP contribution in [0.4, 0.5) is 0 Å². The SMILES string of the molecule is CCCN1C(=O)[C@H]2[C@H](C[C@H](COC)[C@@]3(O)O[C@H](c4ccc(O)cc4Cl)C[C@@H]23)C1=O. The van der Waals surface area contributed by atoms with Crippen LogP contribution in [0.25, 0.3) is 0 Å². The number of rotatable bonds is 5. The number of phenolic OH excluding ortho intramolecular Hbond substituents is 1. The Morgan fingerprint density at radius 2 is 2.07 bits per heavy atom. The molecular formula is C21H26ClNO6. The van der Waals surface area contributed by atoms with Crippen molar-refractivity contribution in [3.63, 3.8) is 0 Å². The number of carbonyl (C=O) groups excluding carboxylic acids is 2. The Morgan fingerprint density at radius 3 is 2.72 bits per heavy atom. The van der Waals surface area contributed by atoms with E-state index < -0.39 is 35.6 Å². The van der Waals surface area contributed by atoms with Gasteiger partial charge in [-0.05, 0) is 37.0 Å². The molecule has 7 nitrogen and oxygen atoms in total. The van der Waals surface area contributed by atoms with Crippen LogP contribution < -0.4 is 0 Å². The van der Waals surface area contributed by atoms with E-state index in [-0.39, 0.29) is 24.2 Å². The lowest BCUT2D eigenvalue weighted by atomic mass is 9.64. The number of halogens is 1. The molecule has 2 saturated heterocycles. The number of fused-ring (bicyclic) bond motifs is 3. The van der Waals surface area contributed by atoms with E-state index in [9.17, 15) is 19.8 Å². The van der Waals surface area contributed by atoms with Crippen molar-refractivity contribution < 1.29 is 29.3 Å². The minimum Gasteiger partial charge on any atom is -0.508 e. The van der Waals surface area contributed by atoms with Gasteiger partial charge in [-0.2, -0.15) is 0 Å². The summed E-state index contributed by atoms with van der Waals surface area (Å²) in [5.74, 6) is -3.95. The minimum atomic E-state index is -1.58. The number of phenols is 1. The van der Waals surface area contributed by atoms with Crippen molar-refractivity contribution in [3.8, 4) is 5.75 Å². The van der Waals surface area contributed by atoms with Gasteiger partial charge in [0.1, 0.15) is 5.75 Å². The topological polar surface area (TPSA) is 96.3 Å². The number of aromatic hydroxyl groups is 1. The lowest BCUT2D eigenvalue weighted by molar-refractivity contribution is -0.275. The van der Waals surface area contributed by atoms with E-state index in [1.807, 2.05) is 6.92 Å². The second kappa shape index (κ2) is 7.54. The molecule has 0 aromatic heterocycles. The third-order valence-electron chi connectivity index (χ3n) is 6.60. The molecule has 158 valence electrons. The summed E-state index contributed by atoms with van der Waals surface area (Å²) in [5, 5.41) is 21.5. The fourth-order valence-corrected chi connectivity index (χ4v) is 5.65. The summed E-state index contributed by atoms with van der Waals surface area (Å²) in [6.07, 6.45) is 0.850. The number of ether oxygens (including phenoxy) is 2. The van der Waals surface area contributed by atoms with Gasteiger partial charge in [-0.25, -0.2) is 0 Å². The van der Waals surface area contributed by atoms with Gasteiger partial charge in [0.05, 0.1) is 29.6 Å². The van der Waals surface area contributed by atoms with Gasteiger partial charge >= 0.3 is 0 Å². The molecule has 1 aliphatic carbocycles. The number of benzene rings is 1. The molecule has 0 spiro atoms. The maximum atomic E-state index is 13.1. The highest BCUT2D eigenvalue weighted by Gasteiger charge is 2.66. The van der Waals surface area contributed by atoms with Crippen LogP contribution >= 0.6 is 11.6 Å². The van der Waals surface area contributed by atoms with Crippen LogP contribution in [0.1, 0.15) is 37.9 Å². The number of amides is 2.